The smallest absolute Gasteiger partial charge is 0.412 e. The molecule has 0 bridgehead atoms. The van der Waals surface area contributed by atoms with Crippen LogP contribution in [0.25, 0.3) is 0 Å². The van der Waals surface area contributed by atoms with E-state index in [1.165, 1.54) is 6.26 Å². The zero-order valence-corrected chi connectivity index (χ0v) is 14.6. The van der Waals surface area contributed by atoms with Crippen LogP contribution in [0.4, 0.5) is 4.79 Å². The molecular formula is C8H12I3NO2. The van der Waals surface area contributed by atoms with Crippen LogP contribution in [0, 0.1) is 0 Å². The maximum Gasteiger partial charge on any atom is 0.412 e. The fraction of sp³-hybridized carbons (Fsp3) is 0.625. The molecule has 0 radical (unpaired) electrons. The number of ether oxygens (including phenoxy) is 1. The first-order valence-corrected chi connectivity index (χ1v) is 7.07. The number of carbonyl (C=O) groups excluding carboxylic acids is 1. The lowest BCUT2D eigenvalue weighted by Gasteiger charge is -2.19. The van der Waals surface area contributed by atoms with Gasteiger partial charge in [0, 0.05) is 5.54 Å². The van der Waals surface area contributed by atoms with Gasteiger partial charge in [0.1, 0.15) is -0.565 Å². The topological polar surface area (TPSA) is 38.3 Å². The van der Waals surface area contributed by atoms with E-state index in [-0.39, 0.29) is 4.97 Å². The van der Waals surface area contributed by atoms with Crippen molar-refractivity contribution in [1.82, 2.24) is 5.32 Å². The van der Waals surface area contributed by atoms with E-state index in [2.05, 4.69) is 73.1 Å². The minimum atomic E-state index is -0.429. The summed E-state index contributed by atoms with van der Waals surface area (Å²) in [5.41, 5.74) is -0.263. The standard InChI is InChI=1S/C8H12I3NO2/c1-7(2,3)12-6(13)14-5-4-8(9,10)11/h4-5H,1-3H3,(H,12,13). The Labute approximate surface area is 125 Å². The molecular weight excluding hydrogens is 523 g/mol. The molecule has 1 N–H and O–H groups in total. The summed E-state index contributed by atoms with van der Waals surface area (Å²) in [6, 6.07) is 0. The molecule has 0 spiro atoms. The molecule has 0 aliphatic carbocycles. The highest BCUT2D eigenvalue weighted by molar-refractivity contribution is 14.3. The summed E-state index contributed by atoms with van der Waals surface area (Å²) in [5.74, 6) is 0. The number of halogens is 3. The summed E-state index contributed by atoms with van der Waals surface area (Å²) < 4.78 is 4.79. The van der Waals surface area contributed by atoms with Crippen molar-refractivity contribution in [2.24, 2.45) is 0 Å². The first-order valence-electron chi connectivity index (χ1n) is 3.83. The van der Waals surface area contributed by atoms with Crippen molar-refractivity contribution in [3.8, 4) is 0 Å². The highest BCUT2D eigenvalue weighted by Gasteiger charge is 2.15. The zero-order chi connectivity index (χ0) is 11.4. The Kier molecular flexibility index (Phi) is 6.58. The molecule has 3 nitrogen and oxygen atoms in total. The molecule has 0 saturated carbocycles. The van der Waals surface area contributed by atoms with Crippen LogP contribution in [0.2, 0.25) is 0 Å². The molecule has 0 fully saturated rings. The van der Waals surface area contributed by atoms with Gasteiger partial charge in [0.2, 0.25) is 0 Å². The van der Waals surface area contributed by atoms with E-state index < -0.39 is 6.09 Å². The number of amides is 1. The van der Waals surface area contributed by atoms with Gasteiger partial charge in [0.25, 0.3) is 0 Å². The van der Waals surface area contributed by atoms with Crippen molar-refractivity contribution in [2.75, 3.05) is 0 Å². The summed E-state index contributed by atoms with van der Waals surface area (Å²) >= 11 is 6.68. The number of nitrogens with one attached hydrogen (secondary N) is 1. The molecule has 0 rings (SSSR count). The van der Waals surface area contributed by atoms with Crippen LogP contribution < -0.4 is 5.32 Å². The van der Waals surface area contributed by atoms with E-state index in [4.69, 9.17) is 4.74 Å². The summed E-state index contributed by atoms with van der Waals surface area (Å²) in [6.07, 6.45) is 2.78. The van der Waals surface area contributed by atoms with Crippen LogP contribution >= 0.6 is 67.8 Å². The van der Waals surface area contributed by atoms with E-state index >= 15 is 0 Å². The van der Waals surface area contributed by atoms with Gasteiger partial charge in [-0.1, -0.05) is 67.8 Å². The van der Waals surface area contributed by atoms with Crippen molar-refractivity contribution in [3.63, 3.8) is 0 Å². The third kappa shape index (κ3) is 11.3. The second-order valence-corrected chi connectivity index (χ2v) is 14.9. The maximum atomic E-state index is 11.2. The molecule has 14 heavy (non-hydrogen) atoms. The third-order valence-corrected chi connectivity index (χ3v) is 1.99. The molecule has 82 valence electrons. The number of allylic oxidation sites excluding steroid dienone is 1. The van der Waals surface area contributed by atoms with Crippen LogP contribution in [0.3, 0.4) is 0 Å². The van der Waals surface area contributed by atoms with Crippen molar-refractivity contribution in [3.05, 3.63) is 12.3 Å². The Morgan fingerprint density at radius 1 is 1.29 bits per heavy atom. The highest BCUT2D eigenvalue weighted by atomic mass is 127. The second-order valence-electron chi connectivity index (χ2n) is 3.62. The number of alkyl halides is 3. The maximum absolute atomic E-state index is 11.2. The van der Waals surface area contributed by atoms with Crippen LogP contribution in [0.1, 0.15) is 20.8 Å². The Balaban J connectivity index is 3.93. The van der Waals surface area contributed by atoms with Gasteiger partial charge in [-0.3, -0.25) is 0 Å². The third-order valence-electron chi connectivity index (χ3n) is 0.909. The lowest BCUT2D eigenvalue weighted by molar-refractivity contribution is 0.175. The first kappa shape index (κ1) is 15.2. The van der Waals surface area contributed by atoms with Crippen molar-refractivity contribution >= 4 is 73.9 Å². The van der Waals surface area contributed by atoms with Gasteiger partial charge >= 0.3 is 6.09 Å². The molecule has 0 saturated heterocycles. The van der Waals surface area contributed by atoms with E-state index in [0.29, 0.717) is 0 Å². The molecule has 0 aliphatic rings. The number of alkyl carbamates (subject to hydrolysis) is 1. The average molecular weight is 535 g/mol. The summed E-state index contributed by atoms with van der Waals surface area (Å²) in [7, 11) is 0. The van der Waals surface area contributed by atoms with Crippen LogP contribution in [0.15, 0.2) is 12.3 Å². The van der Waals surface area contributed by atoms with Gasteiger partial charge in [-0.05, 0) is 26.8 Å². The largest absolute Gasteiger partial charge is 0.419 e. The Morgan fingerprint density at radius 2 is 1.79 bits per heavy atom. The molecule has 1 amide bonds. The van der Waals surface area contributed by atoms with Gasteiger partial charge in [-0.2, -0.15) is 0 Å². The predicted molar refractivity (Wildman–Crippen MR) is 83.3 cm³/mol. The molecule has 0 aromatic carbocycles. The predicted octanol–water partition coefficient (Wildman–Crippen LogP) is 3.98. The average Bonchev–Trinajstić information content (AvgIpc) is 1.78. The molecule has 0 heterocycles. The molecule has 0 aromatic rings. The van der Waals surface area contributed by atoms with E-state index in [1.807, 2.05) is 20.8 Å². The SMILES string of the molecule is CC(C)(C)NC(=O)OC=CC(I)(I)I. The molecule has 0 aromatic heterocycles. The minimum Gasteiger partial charge on any atom is -0.419 e. The van der Waals surface area contributed by atoms with Gasteiger partial charge in [-0.25, -0.2) is 4.79 Å². The first-order chi connectivity index (χ1) is 6.10. The van der Waals surface area contributed by atoms with E-state index in [0.717, 1.165) is 0 Å². The summed E-state index contributed by atoms with van der Waals surface area (Å²) in [6.45, 7) is 5.70. The lowest BCUT2D eigenvalue weighted by Crippen LogP contribution is -2.40. The van der Waals surface area contributed by atoms with E-state index in [1.54, 1.807) is 6.08 Å². The van der Waals surface area contributed by atoms with Crippen molar-refractivity contribution in [2.45, 2.75) is 25.7 Å². The molecule has 0 unspecified atom stereocenters. The van der Waals surface area contributed by atoms with Gasteiger partial charge in [0.05, 0.1) is 6.26 Å². The monoisotopic (exact) mass is 535 g/mol. The molecule has 0 aliphatic heterocycles. The van der Waals surface area contributed by atoms with E-state index in [9.17, 15) is 4.79 Å². The Bertz CT molecular complexity index is 228. The van der Waals surface area contributed by atoms with Crippen LogP contribution in [-0.2, 0) is 4.74 Å². The number of carbonyl (C=O) groups is 1. The fourth-order valence-corrected chi connectivity index (χ4v) is 0.949. The summed E-state index contributed by atoms with van der Waals surface area (Å²) in [4.78, 5) is 11.2. The molecule has 6 heteroatoms. The number of hydrogen-bond acceptors (Lipinski definition) is 2. The number of rotatable bonds is 2. The van der Waals surface area contributed by atoms with Crippen LogP contribution in [0.5, 0.6) is 0 Å². The van der Waals surface area contributed by atoms with Crippen LogP contribution in [-0.4, -0.2) is 11.1 Å². The quantitative estimate of drug-likeness (QED) is 0.331. The van der Waals surface area contributed by atoms with Gasteiger partial charge in [-0.15, -0.1) is 0 Å². The van der Waals surface area contributed by atoms with Gasteiger partial charge < -0.3 is 10.1 Å². The van der Waals surface area contributed by atoms with Crippen molar-refractivity contribution < 1.29 is 9.53 Å². The fourth-order valence-electron chi connectivity index (χ4n) is 0.509. The Hall–Kier alpha value is 1.20. The zero-order valence-electron chi connectivity index (χ0n) is 8.11. The second kappa shape index (κ2) is 6.06. The number of hydrogen-bond donors (Lipinski definition) is 1. The lowest BCUT2D eigenvalue weighted by atomic mass is 10.1. The van der Waals surface area contributed by atoms with Crippen molar-refractivity contribution in [1.29, 1.82) is 0 Å². The summed E-state index contributed by atoms with van der Waals surface area (Å²) in [5, 5.41) is 2.69. The Morgan fingerprint density at radius 3 is 2.14 bits per heavy atom. The van der Waals surface area contributed by atoms with Gasteiger partial charge in [0.15, 0.2) is 0 Å². The molecule has 0 atom stereocenters. The normalized spacial score (nSPS) is 13.0. The minimum absolute atomic E-state index is 0.0602. The highest BCUT2D eigenvalue weighted by Crippen LogP contribution is 2.36.